The average Bonchev–Trinajstić information content (AvgIpc) is 2.38. The Morgan fingerprint density at radius 1 is 1.06 bits per heavy atom. The maximum atomic E-state index is 10.2. The van der Waals surface area contributed by atoms with E-state index in [2.05, 4.69) is 0 Å². The van der Waals surface area contributed by atoms with Crippen LogP contribution in [0.4, 0.5) is 0 Å². The van der Waals surface area contributed by atoms with Crippen molar-refractivity contribution in [2.45, 2.75) is 20.0 Å². The molecule has 1 unspecified atom stereocenters. The number of aliphatic hydroxyl groups excluding tert-OH is 6. The number of hydrogen-bond donors (Lipinski definition) is 7. The lowest BCUT2D eigenvalue weighted by molar-refractivity contribution is -0.152. The zero-order valence-corrected chi connectivity index (χ0v) is 10.7. The normalized spacial score (nSPS) is 11.6. The second kappa shape index (κ2) is 14.3. The van der Waals surface area contributed by atoms with Crippen LogP contribution in [0.2, 0.25) is 0 Å². The van der Waals surface area contributed by atoms with Gasteiger partial charge >= 0.3 is 5.97 Å². The van der Waals surface area contributed by atoms with Crippen molar-refractivity contribution in [2.75, 3.05) is 33.0 Å². The van der Waals surface area contributed by atoms with Gasteiger partial charge in [0.05, 0.1) is 39.1 Å². The van der Waals surface area contributed by atoms with E-state index in [0.29, 0.717) is 0 Å². The van der Waals surface area contributed by atoms with E-state index < -0.39 is 30.7 Å². The topological polar surface area (TPSA) is 159 Å². The number of aliphatic carboxylic acids is 1. The van der Waals surface area contributed by atoms with Crippen molar-refractivity contribution in [3.63, 3.8) is 0 Å². The number of aliphatic hydroxyl groups is 6. The molecule has 0 amide bonds. The fourth-order valence-electron chi connectivity index (χ4n) is 0.185. The summed E-state index contributed by atoms with van der Waals surface area (Å²) in [5.41, 5.74) is -1.39. The first-order valence-corrected chi connectivity index (χ1v) is 5.21. The van der Waals surface area contributed by atoms with E-state index >= 15 is 0 Å². The highest BCUT2D eigenvalue weighted by Crippen LogP contribution is 2.12. The minimum Gasteiger partial charge on any atom is -0.481 e. The summed E-state index contributed by atoms with van der Waals surface area (Å²) in [7, 11) is 0. The second-order valence-electron chi connectivity index (χ2n) is 3.66. The molecule has 0 aliphatic carbocycles. The highest BCUT2D eigenvalue weighted by molar-refractivity contribution is 5.74. The van der Waals surface area contributed by atoms with Crippen molar-refractivity contribution in [2.24, 2.45) is 5.41 Å². The van der Waals surface area contributed by atoms with Crippen LogP contribution < -0.4 is 0 Å². The lowest BCUT2D eigenvalue weighted by Gasteiger charge is -2.17. The summed E-state index contributed by atoms with van der Waals surface area (Å²) in [6.45, 7) is 1.33. The second-order valence-corrected chi connectivity index (χ2v) is 3.66. The number of carboxylic acids is 1. The van der Waals surface area contributed by atoms with Crippen molar-refractivity contribution in [1.82, 2.24) is 0 Å². The predicted octanol–water partition coefficient (Wildman–Crippen LogP) is -2.61. The Bertz CT molecular complexity index is 177. The number of rotatable bonds is 5. The van der Waals surface area contributed by atoms with E-state index in [9.17, 15) is 4.79 Å². The van der Waals surface area contributed by atoms with Gasteiger partial charge in [-0.25, -0.2) is 0 Å². The van der Waals surface area contributed by atoms with Gasteiger partial charge in [-0.2, -0.15) is 0 Å². The van der Waals surface area contributed by atoms with E-state index in [1.54, 1.807) is 0 Å². The van der Waals surface area contributed by atoms with Gasteiger partial charge in [-0.3, -0.25) is 4.79 Å². The van der Waals surface area contributed by atoms with Crippen molar-refractivity contribution in [3.05, 3.63) is 0 Å². The Labute approximate surface area is 106 Å². The molecule has 0 radical (unpaired) electrons. The Morgan fingerprint density at radius 2 is 1.33 bits per heavy atom. The molecule has 112 valence electrons. The summed E-state index contributed by atoms with van der Waals surface area (Å²) in [6, 6.07) is 0. The molecule has 0 aromatic heterocycles. The number of carboxylic acid groups (broad SMARTS) is 1. The molecule has 18 heavy (non-hydrogen) atoms. The molecular formula is C10H24O8. The van der Waals surface area contributed by atoms with Crippen LogP contribution in [0, 0.1) is 5.41 Å². The summed E-state index contributed by atoms with van der Waals surface area (Å²) in [6.07, 6.45) is -0.560. The molecule has 0 aromatic carbocycles. The third kappa shape index (κ3) is 15.2. The summed E-state index contributed by atoms with van der Waals surface area (Å²) in [4.78, 5) is 10.2. The highest BCUT2D eigenvalue weighted by atomic mass is 16.4. The zero-order valence-electron chi connectivity index (χ0n) is 10.7. The molecular weight excluding hydrogens is 248 g/mol. The molecule has 8 nitrogen and oxygen atoms in total. The van der Waals surface area contributed by atoms with Gasteiger partial charge in [0.2, 0.25) is 0 Å². The molecule has 0 aliphatic rings. The van der Waals surface area contributed by atoms with Gasteiger partial charge in [0.1, 0.15) is 5.41 Å². The Hall–Kier alpha value is -0.770. The van der Waals surface area contributed by atoms with Crippen LogP contribution >= 0.6 is 0 Å². The first-order valence-electron chi connectivity index (χ1n) is 5.21. The van der Waals surface area contributed by atoms with Crippen LogP contribution in [0.25, 0.3) is 0 Å². The first kappa shape index (κ1) is 22.4. The van der Waals surface area contributed by atoms with Crippen LogP contribution in [-0.2, 0) is 4.79 Å². The molecule has 1 atom stereocenters. The largest absolute Gasteiger partial charge is 0.481 e. The van der Waals surface area contributed by atoms with Crippen LogP contribution in [0.5, 0.6) is 0 Å². The third-order valence-electron chi connectivity index (χ3n) is 1.58. The summed E-state index contributed by atoms with van der Waals surface area (Å²) >= 11 is 0. The van der Waals surface area contributed by atoms with Crippen molar-refractivity contribution >= 4 is 5.97 Å². The standard InChI is InChI=1S/C5H10O4.C3H8O2.C2H6O2/c1-5(2-6,3-7)4(8)9;1-3(5)2-4;3-1-2-4/h6-7H,2-3H2,1H3,(H,8,9);3-5H,2H2,1H3;3-4H,1-2H2. The molecule has 7 N–H and O–H groups in total. The van der Waals surface area contributed by atoms with Gasteiger partial charge in [-0.15, -0.1) is 0 Å². The van der Waals surface area contributed by atoms with Gasteiger partial charge in [0, 0.05) is 0 Å². The van der Waals surface area contributed by atoms with E-state index in [1.807, 2.05) is 0 Å². The third-order valence-corrected chi connectivity index (χ3v) is 1.58. The molecule has 8 heteroatoms. The molecule has 0 fully saturated rings. The molecule has 0 saturated heterocycles. The van der Waals surface area contributed by atoms with E-state index in [0.717, 1.165) is 0 Å². The molecule has 0 heterocycles. The van der Waals surface area contributed by atoms with Crippen molar-refractivity contribution < 1.29 is 40.5 Å². The lowest BCUT2D eigenvalue weighted by Crippen LogP contribution is -2.35. The fraction of sp³-hybridized carbons (Fsp3) is 0.900. The lowest BCUT2D eigenvalue weighted by atomic mass is 9.94. The first-order chi connectivity index (χ1) is 8.25. The summed E-state index contributed by atoms with van der Waals surface area (Å²) in [5.74, 6) is -1.19. The molecule has 0 saturated carbocycles. The smallest absolute Gasteiger partial charge is 0.314 e. The zero-order chi connectivity index (χ0) is 15.2. The van der Waals surface area contributed by atoms with E-state index in [1.165, 1.54) is 13.8 Å². The quantitative estimate of drug-likeness (QED) is 0.287. The molecule has 0 aliphatic heterocycles. The van der Waals surface area contributed by atoms with Crippen molar-refractivity contribution in [3.8, 4) is 0 Å². The molecule has 0 spiro atoms. The van der Waals surface area contributed by atoms with E-state index in [4.69, 9.17) is 35.7 Å². The van der Waals surface area contributed by atoms with Crippen LogP contribution in [0.1, 0.15) is 13.8 Å². The highest BCUT2D eigenvalue weighted by Gasteiger charge is 2.31. The average molecular weight is 272 g/mol. The molecule has 0 aromatic rings. The Kier molecular flexibility index (Phi) is 17.8. The molecule has 0 bridgehead atoms. The van der Waals surface area contributed by atoms with Crippen LogP contribution in [0.3, 0.4) is 0 Å². The van der Waals surface area contributed by atoms with Gasteiger partial charge in [0.15, 0.2) is 0 Å². The molecule has 0 rings (SSSR count). The summed E-state index contributed by atoms with van der Waals surface area (Å²) in [5, 5.41) is 56.4. The summed E-state index contributed by atoms with van der Waals surface area (Å²) < 4.78 is 0. The monoisotopic (exact) mass is 272 g/mol. The number of hydrogen-bond acceptors (Lipinski definition) is 7. The fourth-order valence-corrected chi connectivity index (χ4v) is 0.185. The van der Waals surface area contributed by atoms with Crippen molar-refractivity contribution in [1.29, 1.82) is 0 Å². The minimum atomic E-state index is -1.39. The maximum Gasteiger partial charge on any atom is 0.314 e. The van der Waals surface area contributed by atoms with Gasteiger partial charge in [-0.05, 0) is 13.8 Å². The Morgan fingerprint density at radius 3 is 1.33 bits per heavy atom. The maximum absolute atomic E-state index is 10.2. The SMILES string of the molecule is CC(CO)(CO)C(=O)O.CC(O)CO.OCCO. The minimum absolute atomic E-state index is 0.125. The Balaban J connectivity index is -0.000000212. The number of carbonyl (C=O) groups is 1. The van der Waals surface area contributed by atoms with Gasteiger partial charge < -0.3 is 35.7 Å². The van der Waals surface area contributed by atoms with Gasteiger partial charge in [0.25, 0.3) is 0 Å². The van der Waals surface area contributed by atoms with E-state index in [-0.39, 0.29) is 19.8 Å². The van der Waals surface area contributed by atoms with Crippen LogP contribution in [0.15, 0.2) is 0 Å². The van der Waals surface area contributed by atoms with Crippen LogP contribution in [-0.4, -0.2) is 80.9 Å². The predicted molar refractivity (Wildman–Crippen MR) is 62.9 cm³/mol. The van der Waals surface area contributed by atoms with Gasteiger partial charge in [-0.1, -0.05) is 0 Å².